The lowest BCUT2D eigenvalue weighted by Crippen LogP contribution is -2.36. The van der Waals surface area contributed by atoms with Crippen molar-refractivity contribution >= 4 is 17.5 Å². The summed E-state index contributed by atoms with van der Waals surface area (Å²) >= 11 is 0. The van der Waals surface area contributed by atoms with Gasteiger partial charge in [-0.1, -0.05) is 30.3 Å². The first-order chi connectivity index (χ1) is 10.3. The lowest BCUT2D eigenvalue weighted by atomic mass is 10.1. The van der Waals surface area contributed by atoms with Crippen LogP contribution in [0.15, 0.2) is 54.6 Å². The second kappa shape index (κ2) is 6.52. The Labute approximate surface area is 131 Å². The topological polar surface area (TPSA) is 55.6 Å². The Kier molecular flexibility index (Phi) is 4.71. The number of nitrogen functional groups attached to an aromatic ring is 1. The highest BCUT2D eigenvalue weighted by Crippen LogP contribution is 2.21. The molecule has 4 nitrogen and oxygen atoms in total. The maximum Gasteiger partial charge on any atom is 0.415 e. The lowest BCUT2D eigenvalue weighted by Gasteiger charge is -2.27. The Morgan fingerprint density at radius 2 is 1.77 bits per heavy atom. The maximum atomic E-state index is 12.5. The Morgan fingerprint density at radius 3 is 2.36 bits per heavy atom. The molecule has 0 aromatic heterocycles. The third-order valence-corrected chi connectivity index (χ3v) is 2.97. The summed E-state index contributed by atoms with van der Waals surface area (Å²) in [5, 5.41) is 0. The van der Waals surface area contributed by atoms with E-state index in [-0.39, 0.29) is 6.09 Å². The summed E-state index contributed by atoms with van der Waals surface area (Å²) in [7, 11) is 0. The number of benzene rings is 2. The molecular weight excluding hydrogens is 276 g/mol. The van der Waals surface area contributed by atoms with Crippen molar-refractivity contribution in [3.05, 3.63) is 60.2 Å². The summed E-state index contributed by atoms with van der Waals surface area (Å²) in [5.74, 6) is 0. The van der Waals surface area contributed by atoms with Gasteiger partial charge in [-0.05, 0) is 50.6 Å². The van der Waals surface area contributed by atoms with Crippen molar-refractivity contribution in [1.29, 1.82) is 0 Å². The van der Waals surface area contributed by atoms with Crippen LogP contribution in [0.25, 0.3) is 0 Å². The number of carbonyl (C=O) groups is 1. The molecule has 22 heavy (non-hydrogen) atoms. The van der Waals surface area contributed by atoms with Crippen LogP contribution in [0.5, 0.6) is 0 Å². The highest BCUT2D eigenvalue weighted by Gasteiger charge is 2.23. The molecule has 0 aliphatic heterocycles. The monoisotopic (exact) mass is 298 g/mol. The molecule has 0 bridgehead atoms. The van der Waals surface area contributed by atoms with Crippen molar-refractivity contribution in [3.8, 4) is 0 Å². The average Bonchev–Trinajstić information content (AvgIpc) is 2.44. The van der Waals surface area contributed by atoms with E-state index < -0.39 is 5.60 Å². The number of nitrogens with zero attached hydrogens (tertiary/aromatic N) is 1. The van der Waals surface area contributed by atoms with Crippen LogP contribution in [0.2, 0.25) is 0 Å². The zero-order valence-corrected chi connectivity index (χ0v) is 13.2. The molecule has 4 heteroatoms. The number of nitrogens with two attached hydrogens (primary N) is 1. The minimum absolute atomic E-state index is 0.374. The van der Waals surface area contributed by atoms with Crippen molar-refractivity contribution in [2.24, 2.45) is 0 Å². The van der Waals surface area contributed by atoms with Crippen molar-refractivity contribution < 1.29 is 9.53 Å². The molecule has 116 valence electrons. The molecule has 0 spiro atoms. The van der Waals surface area contributed by atoms with Gasteiger partial charge < -0.3 is 10.5 Å². The third-order valence-electron chi connectivity index (χ3n) is 2.97. The molecule has 0 fully saturated rings. The molecule has 0 heterocycles. The fourth-order valence-electron chi connectivity index (χ4n) is 2.06. The van der Waals surface area contributed by atoms with Gasteiger partial charge in [0.05, 0.1) is 6.54 Å². The number of para-hydroxylation sites is 1. The summed E-state index contributed by atoms with van der Waals surface area (Å²) < 4.78 is 5.51. The van der Waals surface area contributed by atoms with Gasteiger partial charge in [-0.15, -0.1) is 0 Å². The summed E-state index contributed by atoms with van der Waals surface area (Å²) in [4.78, 5) is 14.1. The van der Waals surface area contributed by atoms with Crippen LogP contribution >= 0.6 is 0 Å². The molecule has 0 atom stereocenters. The smallest absolute Gasteiger partial charge is 0.415 e. The SMILES string of the molecule is CC(C)(C)OC(=O)N(Cc1cccc(N)c1)c1ccccc1. The molecular formula is C18H22N2O2. The number of ether oxygens (including phenoxy) is 1. The van der Waals surface area contributed by atoms with E-state index in [4.69, 9.17) is 10.5 Å². The standard InChI is InChI=1S/C18H22N2O2/c1-18(2,3)22-17(21)20(16-10-5-4-6-11-16)13-14-8-7-9-15(19)12-14/h4-12H,13,19H2,1-3H3. The molecule has 0 aliphatic rings. The van der Waals surface area contributed by atoms with Crippen molar-refractivity contribution in [1.82, 2.24) is 0 Å². The average molecular weight is 298 g/mol. The van der Waals surface area contributed by atoms with E-state index in [0.717, 1.165) is 11.3 Å². The molecule has 2 aromatic rings. The van der Waals surface area contributed by atoms with Crippen LogP contribution in [0.3, 0.4) is 0 Å². The van der Waals surface area contributed by atoms with E-state index in [2.05, 4.69) is 0 Å². The van der Waals surface area contributed by atoms with Gasteiger partial charge in [0.25, 0.3) is 0 Å². The largest absolute Gasteiger partial charge is 0.443 e. The van der Waals surface area contributed by atoms with Gasteiger partial charge in [0.2, 0.25) is 0 Å². The predicted octanol–water partition coefficient (Wildman–Crippen LogP) is 4.21. The Balaban J connectivity index is 2.28. The Hall–Kier alpha value is -2.49. The first-order valence-corrected chi connectivity index (χ1v) is 7.25. The van der Waals surface area contributed by atoms with Gasteiger partial charge in [-0.25, -0.2) is 4.79 Å². The maximum absolute atomic E-state index is 12.5. The fourth-order valence-corrected chi connectivity index (χ4v) is 2.06. The van der Waals surface area contributed by atoms with Gasteiger partial charge >= 0.3 is 6.09 Å². The van der Waals surface area contributed by atoms with Gasteiger partial charge in [0, 0.05) is 11.4 Å². The number of amides is 1. The summed E-state index contributed by atoms with van der Waals surface area (Å²) in [6.45, 7) is 5.97. The summed E-state index contributed by atoms with van der Waals surface area (Å²) in [6.07, 6.45) is -0.374. The van der Waals surface area contributed by atoms with Crippen molar-refractivity contribution in [2.45, 2.75) is 32.9 Å². The minimum atomic E-state index is -0.542. The number of carbonyl (C=O) groups excluding carboxylic acids is 1. The second-order valence-electron chi connectivity index (χ2n) is 6.15. The molecule has 0 saturated heterocycles. The first-order valence-electron chi connectivity index (χ1n) is 7.25. The number of rotatable bonds is 3. The molecule has 1 amide bonds. The van der Waals surface area contributed by atoms with Crippen LogP contribution in [-0.2, 0) is 11.3 Å². The molecule has 0 saturated carbocycles. The highest BCUT2D eigenvalue weighted by atomic mass is 16.6. The molecule has 0 unspecified atom stereocenters. The van der Waals surface area contributed by atoms with Gasteiger partial charge in [-0.3, -0.25) is 4.90 Å². The number of hydrogen-bond donors (Lipinski definition) is 1. The van der Waals surface area contributed by atoms with Crippen LogP contribution in [0.1, 0.15) is 26.3 Å². The molecule has 2 aromatic carbocycles. The minimum Gasteiger partial charge on any atom is -0.443 e. The Morgan fingerprint density at radius 1 is 1.09 bits per heavy atom. The fraction of sp³-hybridized carbons (Fsp3) is 0.278. The second-order valence-corrected chi connectivity index (χ2v) is 6.15. The predicted molar refractivity (Wildman–Crippen MR) is 89.7 cm³/mol. The zero-order chi connectivity index (χ0) is 16.2. The van der Waals surface area contributed by atoms with Crippen molar-refractivity contribution in [3.63, 3.8) is 0 Å². The normalized spacial score (nSPS) is 11.0. The van der Waals surface area contributed by atoms with Gasteiger partial charge in [0.1, 0.15) is 5.60 Å². The molecule has 2 N–H and O–H groups in total. The summed E-state index contributed by atoms with van der Waals surface area (Å²) in [5.41, 5.74) is 7.69. The van der Waals surface area contributed by atoms with E-state index in [1.54, 1.807) is 4.90 Å². The van der Waals surface area contributed by atoms with E-state index in [1.807, 2.05) is 75.4 Å². The quantitative estimate of drug-likeness (QED) is 0.864. The first kappa shape index (κ1) is 15.9. The number of hydrogen-bond acceptors (Lipinski definition) is 3. The Bertz CT molecular complexity index is 633. The molecule has 0 radical (unpaired) electrons. The van der Waals surface area contributed by atoms with Crippen LogP contribution in [-0.4, -0.2) is 11.7 Å². The third kappa shape index (κ3) is 4.52. The van der Waals surface area contributed by atoms with Crippen LogP contribution in [0.4, 0.5) is 16.2 Å². The van der Waals surface area contributed by atoms with E-state index >= 15 is 0 Å². The van der Waals surface area contributed by atoms with E-state index in [1.165, 1.54) is 0 Å². The van der Waals surface area contributed by atoms with E-state index in [9.17, 15) is 4.79 Å². The lowest BCUT2D eigenvalue weighted by molar-refractivity contribution is 0.0577. The molecule has 2 rings (SSSR count). The van der Waals surface area contributed by atoms with Gasteiger partial charge in [0.15, 0.2) is 0 Å². The zero-order valence-electron chi connectivity index (χ0n) is 13.2. The van der Waals surface area contributed by atoms with Crippen molar-refractivity contribution in [2.75, 3.05) is 10.6 Å². The van der Waals surface area contributed by atoms with E-state index in [0.29, 0.717) is 12.2 Å². The number of anilines is 2. The van der Waals surface area contributed by atoms with Gasteiger partial charge in [-0.2, -0.15) is 0 Å². The van der Waals surface area contributed by atoms with Crippen LogP contribution < -0.4 is 10.6 Å². The summed E-state index contributed by atoms with van der Waals surface area (Å²) in [6, 6.07) is 17.0. The molecule has 0 aliphatic carbocycles. The van der Waals surface area contributed by atoms with Crippen LogP contribution in [0, 0.1) is 0 Å². The highest BCUT2D eigenvalue weighted by molar-refractivity contribution is 5.87.